The van der Waals surface area contributed by atoms with Crippen molar-refractivity contribution >= 4 is 0 Å². The van der Waals surface area contributed by atoms with Gasteiger partial charge in [-0.15, -0.1) is 0 Å². The molecule has 2 N–H and O–H groups in total. The number of ether oxygens (including phenoxy) is 1. The van der Waals surface area contributed by atoms with Crippen molar-refractivity contribution in [2.75, 3.05) is 20.3 Å². The minimum absolute atomic E-state index is 0.117. The van der Waals surface area contributed by atoms with Gasteiger partial charge in [-0.2, -0.15) is 0 Å². The number of nitrogens with one attached hydrogen (secondary N) is 1. The first-order chi connectivity index (χ1) is 6.99. The van der Waals surface area contributed by atoms with Gasteiger partial charge in [0, 0.05) is 25.3 Å². The lowest BCUT2D eigenvalue weighted by molar-refractivity contribution is 0.0840. The maximum absolute atomic E-state index is 9.06. The second-order valence-electron chi connectivity index (χ2n) is 4.87. The van der Waals surface area contributed by atoms with Crippen LogP contribution in [0.2, 0.25) is 0 Å². The molecule has 0 rings (SSSR count). The molecule has 0 spiro atoms. The van der Waals surface area contributed by atoms with Crippen molar-refractivity contribution < 1.29 is 9.84 Å². The van der Waals surface area contributed by atoms with Crippen LogP contribution in [0.25, 0.3) is 0 Å². The van der Waals surface area contributed by atoms with Gasteiger partial charge in [0.25, 0.3) is 0 Å². The summed E-state index contributed by atoms with van der Waals surface area (Å²) in [6, 6.07) is 0.483. The van der Waals surface area contributed by atoms with Crippen molar-refractivity contribution in [3.05, 3.63) is 0 Å². The molecule has 0 aromatic carbocycles. The summed E-state index contributed by atoms with van der Waals surface area (Å²) in [7, 11) is 1.70. The topological polar surface area (TPSA) is 41.5 Å². The molecule has 2 atom stereocenters. The van der Waals surface area contributed by atoms with E-state index in [2.05, 4.69) is 33.0 Å². The first kappa shape index (κ1) is 14.9. The SMILES string of the molecule is CCC(NC(C)(CCO)COC)C(C)C. The summed E-state index contributed by atoms with van der Waals surface area (Å²) in [5.74, 6) is 0.602. The third-order valence-electron chi connectivity index (χ3n) is 2.90. The first-order valence-electron chi connectivity index (χ1n) is 5.86. The summed E-state index contributed by atoms with van der Waals surface area (Å²) in [4.78, 5) is 0. The number of methoxy groups -OCH3 is 1. The van der Waals surface area contributed by atoms with Crippen LogP contribution < -0.4 is 5.32 Å². The van der Waals surface area contributed by atoms with E-state index >= 15 is 0 Å². The van der Waals surface area contributed by atoms with Gasteiger partial charge in [-0.05, 0) is 25.7 Å². The van der Waals surface area contributed by atoms with Gasteiger partial charge in [-0.25, -0.2) is 0 Å². The Labute approximate surface area is 94.2 Å². The van der Waals surface area contributed by atoms with Gasteiger partial charge >= 0.3 is 0 Å². The lowest BCUT2D eigenvalue weighted by Crippen LogP contribution is -2.53. The fourth-order valence-corrected chi connectivity index (χ4v) is 1.94. The molecule has 0 amide bonds. The molecule has 0 fully saturated rings. The van der Waals surface area contributed by atoms with Crippen LogP contribution in [0.3, 0.4) is 0 Å². The molecule has 0 aliphatic heterocycles. The van der Waals surface area contributed by atoms with Gasteiger partial charge in [0.15, 0.2) is 0 Å². The number of aliphatic hydroxyl groups excluding tert-OH is 1. The van der Waals surface area contributed by atoms with Crippen molar-refractivity contribution in [1.82, 2.24) is 5.32 Å². The normalized spacial score (nSPS) is 17.8. The lowest BCUT2D eigenvalue weighted by Gasteiger charge is -2.35. The average Bonchev–Trinajstić information content (AvgIpc) is 2.14. The zero-order chi connectivity index (χ0) is 11.9. The average molecular weight is 217 g/mol. The largest absolute Gasteiger partial charge is 0.396 e. The summed E-state index contributed by atoms with van der Waals surface area (Å²) < 4.78 is 5.21. The van der Waals surface area contributed by atoms with Crippen molar-refractivity contribution in [3.8, 4) is 0 Å². The van der Waals surface area contributed by atoms with Gasteiger partial charge in [-0.1, -0.05) is 20.8 Å². The van der Waals surface area contributed by atoms with Crippen LogP contribution >= 0.6 is 0 Å². The number of hydrogen-bond acceptors (Lipinski definition) is 3. The molecule has 0 saturated carbocycles. The Bertz CT molecular complexity index is 154. The summed E-state index contributed by atoms with van der Waals surface area (Å²) in [6.45, 7) is 9.56. The standard InChI is InChI=1S/C12H27NO2/c1-6-11(10(2)3)13-12(4,7-8-14)9-15-5/h10-11,13-14H,6-9H2,1-5H3. The van der Waals surface area contributed by atoms with Crippen LogP contribution in [0.4, 0.5) is 0 Å². The van der Waals surface area contributed by atoms with Crippen LogP contribution in [0.5, 0.6) is 0 Å². The van der Waals surface area contributed by atoms with E-state index in [0.717, 1.165) is 12.8 Å². The Morgan fingerprint density at radius 1 is 1.40 bits per heavy atom. The number of rotatable bonds is 8. The summed E-state index contributed by atoms with van der Waals surface area (Å²) in [6.07, 6.45) is 1.83. The number of aliphatic hydroxyl groups is 1. The number of hydrogen-bond donors (Lipinski definition) is 2. The zero-order valence-corrected chi connectivity index (χ0v) is 10.8. The molecule has 0 heterocycles. The van der Waals surface area contributed by atoms with Gasteiger partial charge < -0.3 is 15.2 Å². The van der Waals surface area contributed by atoms with Gasteiger partial charge in [0.05, 0.1) is 6.61 Å². The Morgan fingerprint density at radius 2 is 2.00 bits per heavy atom. The summed E-state index contributed by atoms with van der Waals surface area (Å²) in [5, 5.41) is 12.7. The molecule has 3 heteroatoms. The molecule has 2 unspecified atom stereocenters. The van der Waals surface area contributed by atoms with E-state index in [1.807, 2.05) is 0 Å². The minimum atomic E-state index is -0.117. The van der Waals surface area contributed by atoms with Gasteiger partial charge in [0.2, 0.25) is 0 Å². The van der Waals surface area contributed by atoms with E-state index in [1.165, 1.54) is 0 Å². The van der Waals surface area contributed by atoms with Crippen LogP contribution in [-0.2, 0) is 4.74 Å². The molecular weight excluding hydrogens is 190 g/mol. The molecule has 0 saturated heterocycles. The molecule has 0 aromatic heterocycles. The van der Waals surface area contributed by atoms with Crippen LogP contribution in [0.15, 0.2) is 0 Å². The van der Waals surface area contributed by atoms with Gasteiger partial charge in [0.1, 0.15) is 0 Å². The minimum Gasteiger partial charge on any atom is -0.396 e. The molecule has 0 aromatic rings. The molecule has 0 radical (unpaired) electrons. The van der Waals surface area contributed by atoms with Crippen LogP contribution in [-0.4, -0.2) is 37.0 Å². The first-order valence-corrected chi connectivity index (χ1v) is 5.86. The third kappa shape index (κ3) is 5.50. The van der Waals surface area contributed by atoms with Crippen LogP contribution in [0.1, 0.15) is 40.5 Å². The highest BCUT2D eigenvalue weighted by molar-refractivity contribution is 4.87. The van der Waals surface area contributed by atoms with Crippen molar-refractivity contribution in [3.63, 3.8) is 0 Å². The Kier molecular flexibility index (Phi) is 7.14. The quantitative estimate of drug-likeness (QED) is 0.651. The molecular formula is C12H27NO2. The van der Waals surface area contributed by atoms with E-state index in [4.69, 9.17) is 9.84 Å². The van der Waals surface area contributed by atoms with Crippen molar-refractivity contribution in [1.29, 1.82) is 0 Å². The molecule has 3 nitrogen and oxygen atoms in total. The van der Waals surface area contributed by atoms with Crippen LogP contribution in [0, 0.1) is 5.92 Å². The lowest BCUT2D eigenvalue weighted by atomic mass is 9.93. The summed E-state index contributed by atoms with van der Waals surface area (Å²) in [5.41, 5.74) is -0.117. The molecule has 0 aliphatic carbocycles. The zero-order valence-electron chi connectivity index (χ0n) is 10.8. The molecule has 92 valence electrons. The van der Waals surface area contributed by atoms with Crippen molar-refractivity contribution in [2.24, 2.45) is 5.92 Å². The van der Waals surface area contributed by atoms with E-state index in [9.17, 15) is 0 Å². The predicted molar refractivity (Wildman–Crippen MR) is 64.0 cm³/mol. The highest BCUT2D eigenvalue weighted by Crippen LogP contribution is 2.15. The monoisotopic (exact) mass is 217 g/mol. The molecule has 15 heavy (non-hydrogen) atoms. The van der Waals surface area contributed by atoms with Gasteiger partial charge in [-0.3, -0.25) is 0 Å². The highest BCUT2D eigenvalue weighted by Gasteiger charge is 2.27. The third-order valence-corrected chi connectivity index (χ3v) is 2.90. The van der Waals surface area contributed by atoms with Crippen molar-refractivity contribution in [2.45, 2.75) is 52.1 Å². The Balaban J connectivity index is 4.36. The van der Waals surface area contributed by atoms with E-state index in [0.29, 0.717) is 18.6 Å². The van der Waals surface area contributed by atoms with E-state index in [1.54, 1.807) is 7.11 Å². The Hall–Kier alpha value is -0.120. The second kappa shape index (κ2) is 7.20. The van der Waals surface area contributed by atoms with E-state index in [-0.39, 0.29) is 12.1 Å². The fourth-order valence-electron chi connectivity index (χ4n) is 1.94. The Morgan fingerprint density at radius 3 is 2.33 bits per heavy atom. The second-order valence-corrected chi connectivity index (χ2v) is 4.87. The molecule has 0 bridgehead atoms. The molecule has 0 aliphatic rings. The smallest absolute Gasteiger partial charge is 0.0642 e. The maximum atomic E-state index is 9.06. The fraction of sp³-hybridized carbons (Fsp3) is 1.00. The van der Waals surface area contributed by atoms with E-state index < -0.39 is 0 Å². The maximum Gasteiger partial charge on any atom is 0.0642 e. The summed E-state index contributed by atoms with van der Waals surface area (Å²) >= 11 is 0. The highest BCUT2D eigenvalue weighted by atomic mass is 16.5. The predicted octanol–water partition coefficient (Wildman–Crippen LogP) is 1.80.